The normalized spacial score (nSPS) is 11.4. The lowest BCUT2D eigenvalue weighted by Gasteiger charge is -2.11. The third-order valence-electron chi connectivity index (χ3n) is 2.96. The fourth-order valence-electron chi connectivity index (χ4n) is 1.87. The van der Waals surface area contributed by atoms with Crippen LogP contribution < -0.4 is 10.6 Å². The zero-order chi connectivity index (χ0) is 15.2. The summed E-state index contributed by atoms with van der Waals surface area (Å²) >= 11 is 0. The Morgan fingerprint density at radius 2 is 1.90 bits per heavy atom. The number of rotatable bonds is 10. The molecule has 0 aliphatic carbocycles. The Balaban J connectivity index is 2.03. The van der Waals surface area contributed by atoms with Crippen LogP contribution in [0.15, 0.2) is 35.3 Å². The summed E-state index contributed by atoms with van der Waals surface area (Å²) in [5.41, 5.74) is 1.23. The SMILES string of the molecule is CCCN=C(NCC)NCCCCOCc1ccccc1. The van der Waals surface area contributed by atoms with E-state index in [9.17, 15) is 0 Å². The fraction of sp³-hybridized carbons (Fsp3) is 0.588. The third-order valence-corrected chi connectivity index (χ3v) is 2.96. The van der Waals surface area contributed by atoms with Crippen molar-refractivity contribution in [2.24, 2.45) is 4.99 Å². The lowest BCUT2D eigenvalue weighted by Crippen LogP contribution is -2.37. The molecule has 1 aromatic carbocycles. The zero-order valence-electron chi connectivity index (χ0n) is 13.4. The summed E-state index contributed by atoms with van der Waals surface area (Å²) < 4.78 is 5.67. The van der Waals surface area contributed by atoms with Crippen LogP contribution in [0.2, 0.25) is 0 Å². The fourth-order valence-corrected chi connectivity index (χ4v) is 1.87. The van der Waals surface area contributed by atoms with E-state index in [0.717, 1.165) is 51.5 Å². The molecule has 118 valence electrons. The summed E-state index contributed by atoms with van der Waals surface area (Å²) in [5.74, 6) is 0.921. The molecule has 2 N–H and O–H groups in total. The van der Waals surface area contributed by atoms with Gasteiger partial charge < -0.3 is 15.4 Å². The molecule has 4 nitrogen and oxygen atoms in total. The van der Waals surface area contributed by atoms with E-state index in [-0.39, 0.29) is 0 Å². The first kappa shape index (κ1) is 17.5. The molecule has 0 radical (unpaired) electrons. The van der Waals surface area contributed by atoms with E-state index in [1.54, 1.807) is 0 Å². The maximum atomic E-state index is 5.67. The Kier molecular flexibility index (Phi) is 10.2. The van der Waals surface area contributed by atoms with Crippen molar-refractivity contribution in [1.29, 1.82) is 0 Å². The van der Waals surface area contributed by atoms with Crippen LogP contribution in [0.5, 0.6) is 0 Å². The van der Waals surface area contributed by atoms with Gasteiger partial charge in [-0.15, -0.1) is 0 Å². The number of hydrogen-bond acceptors (Lipinski definition) is 2. The smallest absolute Gasteiger partial charge is 0.191 e. The Labute approximate surface area is 129 Å². The topological polar surface area (TPSA) is 45.7 Å². The van der Waals surface area contributed by atoms with E-state index in [0.29, 0.717) is 6.61 Å². The summed E-state index contributed by atoms with van der Waals surface area (Å²) in [6, 6.07) is 10.3. The van der Waals surface area contributed by atoms with Gasteiger partial charge in [0.2, 0.25) is 0 Å². The molecule has 21 heavy (non-hydrogen) atoms. The summed E-state index contributed by atoms with van der Waals surface area (Å²) in [7, 11) is 0. The van der Waals surface area contributed by atoms with Crippen molar-refractivity contribution in [3.8, 4) is 0 Å². The molecule has 4 heteroatoms. The van der Waals surface area contributed by atoms with E-state index < -0.39 is 0 Å². The quantitative estimate of drug-likeness (QED) is 0.396. The highest BCUT2D eigenvalue weighted by Crippen LogP contribution is 2.01. The Hall–Kier alpha value is -1.55. The summed E-state index contributed by atoms with van der Waals surface area (Å²) in [4.78, 5) is 4.47. The van der Waals surface area contributed by atoms with Crippen molar-refractivity contribution >= 4 is 5.96 Å². The van der Waals surface area contributed by atoms with Gasteiger partial charge in [-0.2, -0.15) is 0 Å². The number of ether oxygens (including phenoxy) is 1. The molecule has 1 aromatic rings. The standard InChI is InChI=1S/C17H29N3O/c1-3-12-19-17(18-4-2)20-13-8-9-14-21-15-16-10-6-5-7-11-16/h5-7,10-11H,3-4,8-9,12-15H2,1-2H3,(H2,18,19,20). The minimum absolute atomic E-state index is 0.703. The van der Waals surface area contributed by atoms with E-state index in [1.807, 2.05) is 18.2 Å². The second-order valence-corrected chi connectivity index (χ2v) is 4.93. The molecule has 0 bridgehead atoms. The maximum absolute atomic E-state index is 5.67. The van der Waals surface area contributed by atoms with Gasteiger partial charge in [-0.25, -0.2) is 0 Å². The largest absolute Gasteiger partial charge is 0.377 e. The van der Waals surface area contributed by atoms with Crippen LogP contribution in [-0.4, -0.2) is 32.2 Å². The van der Waals surface area contributed by atoms with Gasteiger partial charge in [-0.1, -0.05) is 37.3 Å². The van der Waals surface area contributed by atoms with E-state index in [4.69, 9.17) is 4.74 Å². The molecule has 0 unspecified atom stereocenters. The van der Waals surface area contributed by atoms with Gasteiger partial charge in [-0.3, -0.25) is 4.99 Å². The molecular formula is C17H29N3O. The van der Waals surface area contributed by atoms with E-state index >= 15 is 0 Å². The Bertz CT molecular complexity index is 379. The second-order valence-electron chi connectivity index (χ2n) is 4.93. The first-order valence-electron chi connectivity index (χ1n) is 8.00. The number of unbranched alkanes of at least 4 members (excludes halogenated alkanes) is 1. The van der Waals surface area contributed by atoms with E-state index in [2.05, 4.69) is 41.6 Å². The number of aliphatic imine (C=N–C) groups is 1. The number of guanidine groups is 1. The predicted octanol–water partition coefficient (Wildman–Crippen LogP) is 2.95. The molecule has 0 heterocycles. The first-order valence-corrected chi connectivity index (χ1v) is 8.00. The van der Waals surface area contributed by atoms with Gasteiger partial charge >= 0.3 is 0 Å². The highest BCUT2D eigenvalue weighted by molar-refractivity contribution is 5.79. The van der Waals surface area contributed by atoms with Crippen LogP contribution in [0.4, 0.5) is 0 Å². The lowest BCUT2D eigenvalue weighted by molar-refractivity contribution is 0.117. The van der Waals surface area contributed by atoms with Crippen LogP contribution in [-0.2, 0) is 11.3 Å². The second kappa shape index (κ2) is 12.2. The molecule has 0 amide bonds. The zero-order valence-corrected chi connectivity index (χ0v) is 13.4. The summed E-state index contributed by atoms with van der Waals surface area (Å²) in [6.45, 7) is 8.43. The van der Waals surface area contributed by atoms with Crippen LogP contribution in [0, 0.1) is 0 Å². The van der Waals surface area contributed by atoms with Gasteiger partial charge in [0, 0.05) is 26.2 Å². The number of nitrogens with zero attached hydrogens (tertiary/aromatic N) is 1. The average Bonchev–Trinajstić information content (AvgIpc) is 2.52. The minimum atomic E-state index is 0.703. The Morgan fingerprint density at radius 1 is 1.10 bits per heavy atom. The van der Waals surface area contributed by atoms with Gasteiger partial charge in [0.25, 0.3) is 0 Å². The van der Waals surface area contributed by atoms with Crippen molar-refractivity contribution in [3.05, 3.63) is 35.9 Å². The van der Waals surface area contributed by atoms with Crippen molar-refractivity contribution in [3.63, 3.8) is 0 Å². The third kappa shape index (κ3) is 9.08. The molecule has 0 fully saturated rings. The van der Waals surface area contributed by atoms with Gasteiger partial charge in [0.05, 0.1) is 6.61 Å². The van der Waals surface area contributed by atoms with Gasteiger partial charge in [0.15, 0.2) is 5.96 Å². The van der Waals surface area contributed by atoms with Crippen molar-refractivity contribution in [2.45, 2.75) is 39.7 Å². The van der Waals surface area contributed by atoms with Crippen molar-refractivity contribution < 1.29 is 4.74 Å². The summed E-state index contributed by atoms with van der Waals surface area (Å²) in [5, 5.41) is 6.60. The molecule has 0 spiro atoms. The van der Waals surface area contributed by atoms with E-state index in [1.165, 1.54) is 5.56 Å². The van der Waals surface area contributed by atoms with Crippen molar-refractivity contribution in [1.82, 2.24) is 10.6 Å². The van der Waals surface area contributed by atoms with Crippen molar-refractivity contribution in [2.75, 3.05) is 26.2 Å². The predicted molar refractivity (Wildman–Crippen MR) is 89.6 cm³/mol. The molecule has 0 aromatic heterocycles. The number of nitrogens with one attached hydrogen (secondary N) is 2. The molecule has 0 saturated carbocycles. The minimum Gasteiger partial charge on any atom is -0.377 e. The van der Waals surface area contributed by atoms with Crippen LogP contribution in [0.1, 0.15) is 38.7 Å². The molecule has 0 atom stereocenters. The van der Waals surface area contributed by atoms with Crippen LogP contribution in [0.25, 0.3) is 0 Å². The summed E-state index contributed by atoms with van der Waals surface area (Å²) in [6.07, 6.45) is 3.22. The molecular weight excluding hydrogens is 262 g/mol. The number of hydrogen-bond donors (Lipinski definition) is 2. The maximum Gasteiger partial charge on any atom is 0.191 e. The molecule has 0 aliphatic heterocycles. The highest BCUT2D eigenvalue weighted by atomic mass is 16.5. The molecule has 0 aliphatic rings. The number of benzene rings is 1. The van der Waals surface area contributed by atoms with Gasteiger partial charge in [-0.05, 0) is 31.7 Å². The average molecular weight is 291 g/mol. The van der Waals surface area contributed by atoms with Crippen LogP contribution in [0.3, 0.4) is 0 Å². The monoisotopic (exact) mass is 291 g/mol. The molecule has 1 rings (SSSR count). The van der Waals surface area contributed by atoms with Gasteiger partial charge in [0.1, 0.15) is 0 Å². The molecule has 0 saturated heterocycles. The highest BCUT2D eigenvalue weighted by Gasteiger charge is 1.96. The van der Waals surface area contributed by atoms with Crippen LogP contribution >= 0.6 is 0 Å². The first-order chi connectivity index (χ1) is 10.4. The lowest BCUT2D eigenvalue weighted by atomic mass is 10.2. The Morgan fingerprint density at radius 3 is 2.62 bits per heavy atom.